The minimum Gasteiger partial charge on any atom is -0.508 e. The monoisotopic (exact) mass is 272 g/mol. The van der Waals surface area contributed by atoms with Crippen molar-refractivity contribution in [3.63, 3.8) is 0 Å². The second-order valence-electron chi connectivity index (χ2n) is 3.71. The van der Waals surface area contributed by atoms with Crippen LogP contribution < -0.4 is 4.74 Å². The number of phenols is 1. The molecule has 19 heavy (non-hydrogen) atoms. The van der Waals surface area contributed by atoms with Crippen LogP contribution >= 0.6 is 0 Å². The van der Waals surface area contributed by atoms with Crippen molar-refractivity contribution < 1.29 is 27.4 Å². The van der Waals surface area contributed by atoms with Gasteiger partial charge in [0.05, 0.1) is 0 Å². The van der Waals surface area contributed by atoms with Crippen molar-refractivity contribution in [3.05, 3.63) is 48.3 Å². The SMILES string of the molecule is Oc1ccc(-c2ccccc2OC(F)(F)F)c(F)c1. The number of halogens is 4. The van der Waals surface area contributed by atoms with Gasteiger partial charge in [0.1, 0.15) is 17.3 Å². The quantitative estimate of drug-likeness (QED) is 0.834. The van der Waals surface area contributed by atoms with E-state index in [-0.39, 0.29) is 16.9 Å². The number of hydrogen-bond acceptors (Lipinski definition) is 2. The molecule has 0 aliphatic carbocycles. The van der Waals surface area contributed by atoms with E-state index in [2.05, 4.69) is 4.74 Å². The summed E-state index contributed by atoms with van der Waals surface area (Å²) in [5.41, 5.74) is -0.130. The first-order valence-corrected chi connectivity index (χ1v) is 5.20. The van der Waals surface area contributed by atoms with Crippen molar-refractivity contribution in [3.8, 4) is 22.6 Å². The summed E-state index contributed by atoms with van der Waals surface area (Å²) in [4.78, 5) is 0. The minimum absolute atomic E-state index is 0.0441. The number of ether oxygens (including phenoxy) is 1. The number of benzene rings is 2. The predicted octanol–water partition coefficient (Wildman–Crippen LogP) is 4.10. The van der Waals surface area contributed by atoms with Gasteiger partial charge in [-0.25, -0.2) is 4.39 Å². The summed E-state index contributed by atoms with van der Waals surface area (Å²) in [6.45, 7) is 0. The summed E-state index contributed by atoms with van der Waals surface area (Å²) in [5, 5.41) is 9.09. The zero-order valence-electron chi connectivity index (χ0n) is 9.41. The van der Waals surface area contributed by atoms with E-state index in [1.54, 1.807) is 0 Å². The van der Waals surface area contributed by atoms with Gasteiger partial charge in [0.25, 0.3) is 0 Å². The van der Waals surface area contributed by atoms with Crippen LogP contribution in [0.4, 0.5) is 17.6 Å². The Morgan fingerprint density at radius 3 is 2.26 bits per heavy atom. The Bertz CT molecular complexity index is 593. The molecular formula is C13H8F4O2. The lowest BCUT2D eigenvalue weighted by atomic mass is 10.0. The van der Waals surface area contributed by atoms with E-state index in [1.165, 1.54) is 30.3 Å². The molecule has 0 radical (unpaired) electrons. The summed E-state index contributed by atoms with van der Waals surface area (Å²) in [7, 11) is 0. The molecule has 0 unspecified atom stereocenters. The van der Waals surface area contributed by atoms with Crippen molar-refractivity contribution in [2.75, 3.05) is 0 Å². The maximum atomic E-state index is 13.7. The van der Waals surface area contributed by atoms with Crippen molar-refractivity contribution >= 4 is 0 Å². The molecule has 0 heterocycles. The molecule has 2 rings (SSSR count). The molecular weight excluding hydrogens is 264 g/mol. The number of phenolic OH excluding ortho intramolecular Hbond substituents is 1. The Labute approximate surface area is 105 Å². The molecule has 2 aromatic rings. The zero-order chi connectivity index (χ0) is 14.0. The summed E-state index contributed by atoms with van der Waals surface area (Å²) >= 11 is 0. The fraction of sp³-hybridized carbons (Fsp3) is 0.0769. The third kappa shape index (κ3) is 3.15. The van der Waals surface area contributed by atoms with Crippen LogP contribution in [0.15, 0.2) is 42.5 Å². The Morgan fingerprint density at radius 2 is 1.63 bits per heavy atom. The average molecular weight is 272 g/mol. The van der Waals surface area contributed by atoms with Gasteiger partial charge in [-0.2, -0.15) is 0 Å². The molecule has 0 aliphatic rings. The molecule has 100 valence electrons. The molecule has 0 atom stereocenters. The highest BCUT2D eigenvalue weighted by Gasteiger charge is 2.32. The second-order valence-corrected chi connectivity index (χ2v) is 3.71. The lowest BCUT2D eigenvalue weighted by Gasteiger charge is -2.13. The van der Waals surface area contributed by atoms with Crippen molar-refractivity contribution in [2.45, 2.75) is 6.36 Å². The van der Waals surface area contributed by atoms with Crippen molar-refractivity contribution in [2.24, 2.45) is 0 Å². The summed E-state index contributed by atoms with van der Waals surface area (Å²) < 4.78 is 54.2. The third-order valence-electron chi connectivity index (χ3n) is 2.36. The van der Waals surface area contributed by atoms with Gasteiger partial charge in [-0.05, 0) is 18.2 Å². The topological polar surface area (TPSA) is 29.5 Å². The number of hydrogen-bond donors (Lipinski definition) is 1. The van der Waals surface area contributed by atoms with E-state index in [1.807, 2.05) is 0 Å². The molecule has 0 amide bonds. The molecule has 2 nitrogen and oxygen atoms in total. The van der Waals surface area contributed by atoms with Gasteiger partial charge in [-0.3, -0.25) is 0 Å². The maximum absolute atomic E-state index is 13.7. The van der Waals surface area contributed by atoms with E-state index in [9.17, 15) is 17.6 Å². The first-order valence-electron chi connectivity index (χ1n) is 5.20. The number of alkyl halides is 3. The zero-order valence-corrected chi connectivity index (χ0v) is 9.41. The molecule has 2 aromatic carbocycles. The second kappa shape index (κ2) is 4.79. The van der Waals surface area contributed by atoms with Crippen LogP contribution in [0.3, 0.4) is 0 Å². The third-order valence-corrected chi connectivity index (χ3v) is 2.36. The fourth-order valence-electron chi connectivity index (χ4n) is 1.63. The molecule has 0 saturated carbocycles. The van der Waals surface area contributed by atoms with E-state index >= 15 is 0 Å². The van der Waals surface area contributed by atoms with Gasteiger partial charge in [0.2, 0.25) is 0 Å². The number of rotatable bonds is 2. The van der Waals surface area contributed by atoms with Gasteiger partial charge in [0, 0.05) is 17.2 Å². The van der Waals surface area contributed by atoms with Crippen LogP contribution in [0, 0.1) is 5.82 Å². The smallest absolute Gasteiger partial charge is 0.508 e. The minimum atomic E-state index is -4.86. The van der Waals surface area contributed by atoms with E-state index < -0.39 is 17.9 Å². The van der Waals surface area contributed by atoms with Crippen LogP contribution in [-0.4, -0.2) is 11.5 Å². The molecule has 0 spiro atoms. The van der Waals surface area contributed by atoms with Crippen LogP contribution in [-0.2, 0) is 0 Å². The average Bonchev–Trinajstić information content (AvgIpc) is 2.28. The lowest BCUT2D eigenvalue weighted by molar-refractivity contribution is -0.274. The standard InChI is InChI=1S/C13H8F4O2/c14-11-7-8(18)5-6-9(11)10-3-1-2-4-12(10)19-13(15,16)17/h1-7,18H. The molecule has 0 aliphatic heterocycles. The first-order chi connectivity index (χ1) is 8.87. The largest absolute Gasteiger partial charge is 0.573 e. The predicted molar refractivity (Wildman–Crippen MR) is 60.2 cm³/mol. The Kier molecular flexibility index (Phi) is 3.33. The van der Waals surface area contributed by atoms with E-state index in [4.69, 9.17) is 5.11 Å². The van der Waals surface area contributed by atoms with Crippen LogP contribution in [0.1, 0.15) is 0 Å². The molecule has 0 aromatic heterocycles. The highest BCUT2D eigenvalue weighted by atomic mass is 19.4. The summed E-state index contributed by atoms with van der Waals surface area (Å²) in [5.74, 6) is -1.65. The van der Waals surface area contributed by atoms with E-state index in [0.29, 0.717) is 0 Å². The van der Waals surface area contributed by atoms with Crippen LogP contribution in [0.2, 0.25) is 0 Å². The summed E-state index contributed by atoms with van der Waals surface area (Å²) in [6.07, 6.45) is -4.86. The Hall–Kier alpha value is -2.24. The molecule has 0 bridgehead atoms. The Balaban J connectivity index is 2.50. The van der Waals surface area contributed by atoms with E-state index in [0.717, 1.165) is 12.1 Å². The van der Waals surface area contributed by atoms with Crippen LogP contribution in [0.5, 0.6) is 11.5 Å². The lowest BCUT2D eigenvalue weighted by Crippen LogP contribution is -2.17. The van der Waals surface area contributed by atoms with Gasteiger partial charge in [-0.1, -0.05) is 18.2 Å². The molecule has 1 N–H and O–H groups in total. The maximum Gasteiger partial charge on any atom is 0.573 e. The number of aromatic hydroxyl groups is 1. The number of para-hydroxylation sites is 1. The summed E-state index contributed by atoms with van der Waals surface area (Å²) in [6, 6.07) is 8.39. The van der Waals surface area contributed by atoms with Gasteiger partial charge in [-0.15, -0.1) is 13.2 Å². The van der Waals surface area contributed by atoms with Gasteiger partial charge in [0.15, 0.2) is 0 Å². The first kappa shape index (κ1) is 13.2. The highest BCUT2D eigenvalue weighted by molar-refractivity contribution is 5.71. The molecule has 0 fully saturated rings. The van der Waals surface area contributed by atoms with Crippen LogP contribution in [0.25, 0.3) is 11.1 Å². The van der Waals surface area contributed by atoms with Crippen molar-refractivity contribution in [1.29, 1.82) is 0 Å². The fourth-order valence-corrected chi connectivity index (χ4v) is 1.63. The highest BCUT2D eigenvalue weighted by Crippen LogP contribution is 2.35. The molecule has 6 heteroatoms. The van der Waals surface area contributed by atoms with Gasteiger partial charge < -0.3 is 9.84 Å². The van der Waals surface area contributed by atoms with Gasteiger partial charge >= 0.3 is 6.36 Å². The normalized spacial score (nSPS) is 11.4. The van der Waals surface area contributed by atoms with Crippen molar-refractivity contribution in [1.82, 2.24) is 0 Å². The molecule has 0 saturated heterocycles. The Morgan fingerprint density at radius 1 is 0.947 bits per heavy atom.